The average Bonchev–Trinajstić information content (AvgIpc) is 2.45. The molecule has 118 valence electrons. The maximum Gasteiger partial charge on any atom is 0.323 e. The van der Waals surface area contributed by atoms with E-state index < -0.39 is 11.5 Å². The lowest BCUT2D eigenvalue weighted by Gasteiger charge is -2.39. The quantitative estimate of drug-likeness (QED) is 0.719. The number of nitrogens with one attached hydrogen (secondary N) is 1. The minimum atomic E-state index is -0.809. The molecular weight excluding hydrogens is 252 g/mol. The number of rotatable bonds is 8. The molecule has 0 amide bonds. The van der Waals surface area contributed by atoms with Gasteiger partial charge in [-0.3, -0.25) is 4.79 Å². The number of carboxylic acids is 1. The lowest BCUT2D eigenvalue weighted by atomic mass is 9.89. The van der Waals surface area contributed by atoms with Crippen molar-refractivity contribution in [2.75, 3.05) is 19.6 Å². The van der Waals surface area contributed by atoms with E-state index in [9.17, 15) is 9.90 Å². The maximum absolute atomic E-state index is 11.6. The molecule has 0 spiro atoms. The first-order valence-corrected chi connectivity index (χ1v) is 8.15. The number of likely N-dealkylation sites (tertiary alicyclic amines) is 1. The van der Waals surface area contributed by atoms with Gasteiger partial charge < -0.3 is 15.3 Å². The van der Waals surface area contributed by atoms with Crippen molar-refractivity contribution in [1.82, 2.24) is 10.2 Å². The number of aliphatic carboxylic acids is 1. The molecule has 1 aliphatic rings. The Labute approximate surface area is 123 Å². The highest BCUT2D eigenvalue weighted by Crippen LogP contribution is 2.24. The summed E-state index contributed by atoms with van der Waals surface area (Å²) in [6.07, 6.45) is 5.41. The Balaban J connectivity index is 2.53. The number of carbonyl (C=O) groups is 1. The van der Waals surface area contributed by atoms with E-state index in [1.54, 1.807) is 0 Å². The van der Waals surface area contributed by atoms with E-state index >= 15 is 0 Å². The van der Waals surface area contributed by atoms with E-state index in [-0.39, 0.29) is 0 Å². The van der Waals surface area contributed by atoms with Crippen LogP contribution in [-0.4, -0.2) is 47.2 Å². The van der Waals surface area contributed by atoms with Crippen LogP contribution in [0.25, 0.3) is 0 Å². The zero-order valence-corrected chi connectivity index (χ0v) is 13.6. The smallest absolute Gasteiger partial charge is 0.323 e. The highest BCUT2D eigenvalue weighted by atomic mass is 16.4. The summed E-state index contributed by atoms with van der Waals surface area (Å²) in [5.41, 5.74) is -0.809. The molecule has 0 saturated carbocycles. The minimum Gasteiger partial charge on any atom is -0.480 e. The summed E-state index contributed by atoms with van der Waals surface area (Å²) < 4.78 is 0. The van der Waals surface area contributed by atoms with Crippen LogP contribution in [0.3, 0.4) is 0 Å². The van der Waals surface area contributed by atoms with Gasteiger partial charge in [0.05, 0.1) is 0 Å². The second kappa shape index (κ2) is 7.99. The summed E-state index contributed by atoms with van der Waals surface area (Å²) in [5, 5.41) is 12.7. The molecule has 2 atom stereocenters. The Morgan fingerprint density at radius 3 is 2.45 bits per heavy atom. The fraction of sp³-hybridized carbons (Fsp3) is 0.938. The zero-order chi connectivity index (χ0) is 15.2. The van der Waals surface area contributed by atoms with Crippen molar-refractivity contribution >= 4 is 5.97 Å². The molecule has 1 saturated heterocycles. The first-order chi connectivity index (χ1) is 9.42. The van der Waals surface area contributed by atoms with Gasteiger partial charge in [-0.1, -0.05) is 20.3 Å². The Hall–Kier alpha value is -0.610. The molecule has 0 aliphatic carbocycles. The molecule has 0 aromatic rings. The van der Waals surface area contributed by atoms with Crippen molar-refractivity contribution in [2.24, 2.45) is 5.92 Å². The number of hydrogen-bond acceptors (Lipinski definition) is 3. The normalized spacial score (nSPS) is 22.4. The van der Waals surface area contributed by atoms with Gasteiger partial charge in [-0.2, -0.15) is 0 Å². The molecule has 1 fully saturated rings. The summed E-state index contributed by atoms with van der Waals surface area (Å²) in [6.45, 7) is 11.3. The van der Waals surface area contributed by atoms with Crippen LogP contribution in [0.15, 0.2) is 0 Å². The van der Waals surface area contributed by atoms with E-state index in [1.807, 2.05) is 6.92 Å². The second-order valence-electron chi connectivity index (χ2n) is 6.50. The lowest BCUT2D eigenvalue weighted by molar-refractivity contribution is -0.145. The molecule has 1 heterocycles. The van der Waals surface area contributed by atoms with Crippen molar-refractivity contribution in [3.8, 4) is 0 Å². The van der Waals surface area contributed by atoms with E-state index in [0.717, 1.165) is 32.0 Å². The SMILES string of the molecule is CCCNC(C)(CC(C)N1CCC(CC)CC1)C(=O)O. The molecule has 2 N–H and O–H groups in total. The maximum atomic E-state index is 11.6. The van der Waals surface area contributed by atoms with Gasteiger partial charge >= 0.3 is 5.97 Å². The van der Waals surface area contributed by atoms with Crippen molar-refractivity contribution < 1.29 is 9.90 Å². The summed E-state index contributed by atoms with van der Waals surface area (Å²) >= 11 is 0. The van der Waals surface area contributed by atoms with Gasteiger partial charge in [-0.15, -0.1) is 0 Å². The number of hydrogen-bond donors (Lipinski definition) is 2. The van der Waals surface area contributed by atoms with E-state index in [0.29, 0.717) is 12.5 Å². The van der Waals surface area contributed by atoms with Gasteiger partial charge in [0.15, 0.2) is 0 Å². The first-order valence-electron chi connectivity index (χ1n) is 8.15. The topological polar surface area (TPSA) is 52.6 Å². The number of piperidine rings is 1. The summed E-state index contributed by atoms with van der Waals surface area (Å²) in [5.74, 6) is 0.128. The highest BCUT2D eigenvalue weighted by molar-refractivity contribution is 5.78. The third kappa shape index (κ3) is 4.74. The van der Waals surface area contributed by atoms with Gasteiger partial charge in [0.2, 0.25) is 0 Å². The van der Waals surface area contributed by atoms with E-state index in [2.05, 4.69) is 31.0 Å². The predicted molar refractivity (Wildman–Crippen MR) is 83.0 cm³/mol. The van der Waals surface area contributed by atoms with E-state index in [1.165, 1.54) is 19.3 Å². The Kier molecular flexibility index (Phi) is 6.96. The molecule has 0 bridgehead atoms. The fourth-order valence-corrected chi connectivity index (χ4v) is 3.16. The summed E-state index contributed by atoms with van der Waals surface area (Å²) in [4.78, 5) is 14.0. The van der Waals surface area contributed by atoms with Crippen molar-refractivity contribution in [1.29, 1.82) is 0 Å². The molecule has 0 radical (unpaired) electrons. The zero-order valence-electron chi connectivity index (χ0n) is 13.6. The molecular formula is C16H32N2O2. The van der Waals surface area contributed by atoms with Crippen LogP contribution in [0, 0.1) is 5.92 Å². The first kappa shape index (κ1) is 17.4. The third-order valence-electron chi connectivity index (χ3n) is 4.79. The molecule has 2 unspecified atom stereocenters. The number of nitrogens with zero attached hydrogens (tertiary/aromatic N) is 1. The lowest BCUT2D eigenvalue weighted by Crippen LogP contribution is -2.54. The van der Waals surface area contributed by atoms with E-state index in [4.69, 9.17) is 0 Å². The van der Waals surface area contributed by atoms with Crippen LogP contribution in [0.1, 0.15) is 59.8 Å². The van der Waals surface area contributed by atoms with Crippen LogP contribution < -0.4 is 5.32 Å². The van der Waals surface area contributed by atoms with Gasteiger partial charge in [0.1, 0.15) is 5.54 Å². The fourth-order valence-electron chi connectivity index (χ4n) is 3.16. The number of carboxylic acid groups (broad SMARTS) is 1. The standard InChI is InChI=1S/C16H32N2O2/c1-5-9-17-16(4,15(19)20)12-13(3)18-10-7-14(6-2)8-11-18/h13-14,17H,5-12H2,1-4H3,(H,19,20). The van der Waals surface area contributed by atoms with Crippen LogP contribution in [0.5, 0.6) is 0 Å². The molecule has 1 aliphatic heterocycles. The van der Waals surface area contributed by atoms with Gasteiger partial charge in [0, 0.05) is 6.04 Å². The van der Waals surface area contributed by atoms with Crippen LogP contribution in [-0.2, 0) is 4.79 Å². The van der Waals surface area contributed by atoms with Gasteiger partial charge in [-0.05, 0) is 65.1 Å². The van der Waals surface area contributed by atoms with Crippen LogP contribution >= 0.6 is 0 Å². The monoisotopic (exact) mass is 284 g/mol. The predicted octanol–water partition coefficient (Wildman–Crippen LogP) is 2.73. The van der Waals surface area contributed by atoms with Crippen molar-refractivity contribution in [3.63, 3.8) is 0 Å². The van der Waals surface area contributed by atoms with Crippen LogP contribution in [0.2, 0.25) is 0 Å². The highest BCUT2D eigenvalue weighted by Gasteiger charge is 2.36. The molecule has 4 heteroatoms. The average molecular weight is 284 g/mol. The van der Waals surface area contributed by atoms with Crippen molar-refractivity contribution in [3.05, 3.63) is 0 Å². The van der Waals surface area contributed by atoms with Crippen molar-refractivity contribution in [2.45, 2.75) is 71.4 Å². The largest absolute Gasteiger partial charge is 0.480 e. The van der Waals surface area contributed by atoms with Gasteiger partial charge in [-0.25, -0.2) is 0 Å². The Bertz CT molecular complexity index is 301. The summed E-state index contributed by atoms with van der Waals surface area (Å²) in [7, 11) is 0. The molecule has 1 rings (SSSR count). The second-order valence-corrected chi connectivity index (χ2v) is 6.50. The Morgan fingerprint density at radius 1 is 1.40 bits per heavy atom. The third-order valence-corrected chi connectivity index (χ3v) is 4.79. The molecule has 4 nitrogen and oxygen atoms in total. The summed E-state index contributed by atoms with van der Waals surface area (Å²) in [6, 6.07) is 0.318. The minimum absolute atomic E-state index is 0.318. The Morgan fingerprint density at radius 2 is 2.00 bits per heavy atom. The van der Waals surface area contributed by atoms with Gasteiger partial charge in [0.25, 0.3) is 0 Å². The molecule has 0 aromatic heterocycles. The van der Waals surface area contributed by atoms with Crippen LogP contribution in [0.4, 0.5) is 0 Å². The molecule has 20 heavy (non-hydrogen) atoms. The molecule has 0 aromatic carbocycles.